The van der Waals surface area contributed by atoms with E-state index in [0.717, 1.165) is 29.4 Å². The van der Waals surface area contributed by atoms with Crippen molar-refractivity contribution in [2.24, 2.45) is 0 Å². The fourth-order valence-corrected chi connectivity index (χ4v) is 2.76. The first-order valence-corrected chi connectivity index (χ1v) is 8.10. The standard InChI is InChI=1S/C11H20N4OS2/c1-4-9-14-15-11(18-9)13-10(16)12-8(3)6-7-17-5-2/h8H,4-7H2,1-3H3,(H2,12,13,15,16). The maximum atomic E-state index is 11.7. The topological polar surface area (TPSA) is 66.9 Å². The summed E-state index contributed by atoms with van der Waals surface area (Å²) in [5.74, 6) is 2.18. The maximum absolute atomic E-state index is 11.7. The number of nitrogens with zero attached hydrogens (tertiary/aromatic N) is 2. The summed E-state index contributed by atoms with van der Waals surface area (Å²) in [5.41, 5.74) is 0. The first-order chi connectivity index (χ1) is 8.65. The molecule has 7 heteroatoms. The first-order valence-electron chi connectivity index (χ1n) is 6.13. The molecule has 1 atom stereocenters. The summed E-state index contributed by atoms with van der Waals surface area (Å²) in [5, 5.41) is 14.9. The molecule has 0 aliphatic carbocycles. The molecule has 18 heavy (non-hydrogen) atoms. The van der Waals surface area contributed by atoms with E-state index in [1.54, 1.807) is 0 Å². The van der Waals surface area contributed by atoms with Gasteiger partial charge in [-0.2, -0.15) is 11.8 Å². The van der Waals surface area contributed by atoms with Crippen molar-refractivity contribution in [3.8, 4) is 0 Å². The van der Waals surface area contributed by atoms with Crippen LogP contribution in [0.2, 0.25) is 0 Å². The maximum Gasteiger partial charge on any atom is 0.321 e. The quantitative estimate of drug-likeness (QED) is 0.757. The van der Waals surface area contributed by atoms with Gasteiger partial charge >= 0.3 is 6.03 Å². The second kappa shape index (κ2) is 8.31. The molecule has 2 amide bonds. The third kappa shape index (κ3) is 5.68. The highest BCUT2D eigenvalue weighted by atomic mass is 32.2. The predicted molar refractivity (Wildman–Crippen MR) is 78.5 cm³/mol. The van der Waals surface area contributed by atoms with E-state index in [4.69, 9.17) is 0 Å². The van der Waals surface area contributed by atoms with E-state index in [1.807, 2.05) is 25.6 Å². The minimum atomic E-state index is -0.206. The highest BCUT2D eigenvalue weighted by molar-refractivity contribution is 7.99. The van der Waals surface area contributed by atoms with Gasteiger partial charge in [0.15, 0.2) is 0 Å². The van der Waals surface area contributed by atoms with E-state index in [-0.39, 0.29) is 12.1 Å². The molecule has 102 valence electrons. The van der Waals surface area contributed by atoms with Gasteiger partial charge in [-0.15, -0.1) is 10.2 Å². The van der Waals surface area contributed by atoms with Crippen LogP contribution in [-0.4, -0.2) is 33.8 Å². The largest absolute Gasteiger partial charge is 0.335 e. The van der Waals surface area contributed by atoms with Crippen molar-refractivity contribution in [1.29, 1.82) is 0 Å². The van der Waals surface area contributed by atoms with Crippen LogP contribution in [0.25, 0.3) is 0 Å². The van der Waals surface area contributed by atoms with Crippen LogP contribution in [0.1, 0.15) is 32.2 Å². The number of aryl methyl sites for hydroxylation is 1. The fourth-order valence-electron chi connectivity index (χ4n) is 1.28. The third-order valence-corrected chi connectivity index (χ3v) is 4.18. The number of thioether (sulfide) groups is 1. The zero-order valence-corrected chi connectivity index (χ0v) is 12.7. The molecule has 0 aliphatic rings. The average molecular weight is 288 g/mol. The lowest BCUT2D eigenvalue weighted by atomic mass is 10.3. The predicted octanol–water partition coefficient (Wildman–Crippen LogP) is 2.75. The molecule has 1 rings (SSSR count). The van der Waals surface area contributed by atoms with Gasteiger partial charge in [-0.3, -0.25) is 5.32 Å². The Labute approximate surface area is 116 Å². The van der Waals surface area contributed by atoms with Gasteiger partial charge in [-0.05, 0) is 31.3 Å². The molecule has 0 aliphatic heterocycles. The number of aromatic nitrogens is 2. The van der Waals surface area contributed by atoms with E-state index in [2.05, 4.69) is 27.8 Å². The summed E-state index contributed by atoms with van der Waals surface area (Å²) in [6, 6.07) is -0.0366. The third-order valence-electron chi connectivity index (χ3n) is 2.27. The summed E-state index contributed by atoms with van der Waals surface area (Å²) >= 11 is 3.29. The van der Waals surface area contributed by atoms with Crippen molar-refractivity contribution < 1.29 is 4.79 Å². The molecule has 0 spiro atoms. The molecule has 0 radical (unpaired) electrons. The Bertz CT molecular complexity index is 370. The molecular formula is C11H20N4OS2. The van der Waals surface area contributed by atoms with Crippen LogP contribution < -0.4 is 10.6 Å². The smallest absolute Gasteiger partial charge is 0.321 e. The Balaban J connectivity index is 2.28. The summed E-state index contributed by atoms with van der Waals surface area (Å²) in [6.07, 6.45) is 1.81. The van der Waals surface area contributed by atoms with Crippen LogP contribution >= 0.6 is 23.1 Å². The highest BCUT2D eigenvalue weighted by Crippen LogP contribution is 2.15. The average Bonchev–Trinajstić information content (AvgIpc) is 2.76. The molecule has 2 N–H and O–H groups in total. The number of amides is 2. The molecular weight excluding hydrogens is 268 g/mol. The lowest BCUT2D eigenvalue weighted by Crippen LogP contribution is -2.36. The van der Waals surface area contributed by atoms with E-state index in [0.29, 0.717) is 5.13 Å². The van der Waals surface area contributed by atoms with Crippen molar-refractivity contribution >= 4 is 34.3 Å². The molecule has 1 aromatic heterocycles. The molecule has 0 saturated heterocycles. The van der Waals surface area contributed by atoms with Crippen molar-refractivity contribution in [3.63, 3.8) is 0 Å². The second-order valence-electron chi connectivity index (χ2n) is 3.84. The number of hydrogen-bond acceptors (Lipinski definition) is 5. The van der Waals surface area contributed by atoms with Crippen LogP contribution in [-0.2, 0) is 6.42 Å². The molecule has 0 saturated carbocycles. The zero-order valence-electron chi connectivity index (χ0n) is 11.0. The van der Waals surface area contributed by atoms with Crippen molar-refractivity contribution in [2.45, 2.75) is 39.7 Å². The number of carbonyl (C=O) groups is 1. The molecule has 0 aromatic carbocycles. The summed E-state index contributed by atoms with van der Waals surface area (Å²) in [7, 11) is 0. The number of urea groups is 1. The Morgan fingerprint density at radius 3 is 2.83 bits per heavy atom. The van der Waals surface area contributed by atoms with E-state index < -0.39 is 0 Å². The fraction of sp³-hybridized carbons (Fsp3) is 0.727. The normalized spacial score (nSPS) is 12.2. The van der Waals surface area contributed by atoms with Gasteiger partial charge in [0.1, 0.15) is 5.01 Å². The lowest BCUT2D eigenvalue weighted by Gasteiger charge is -2.12. The van der Waals surface area contributed by atoms with Gasteiger partial charge < -0.3 is 5.32 Å². The van der Waals surface area contributed by atoms with Gasteiger partial charge in [0.05, 0.1) is 0 Å². The summed E-state index contributed by atoms with van der Waals surface area (Å²) in [4.78, 5) is 11.7. The van der Waals surface area contributed by atoms with Gasteiger partial charge in [-0.25, -0.2) is 4.79 Å². The number of nitrogens with one attached hydrogen (secondary N) is 2. The second-order valence-corrected chi connectivity index (χ2v) is 6.30. The molecule has 1 unspecified atom stereocenters. The van der Waals surface area contributed by atoms with Crippen LogP contribution in [0, 0.1) is 0 Å². The minimum absolute atomic E-state index is 0.169. The van der Waals surface area contributed by atoms with Gasteiger partial charge in [0.25, 0.3) is 0 Å². The SMILES string of the molecule is CCSCCC(C)NC(=O)Nc1nnc(CC)s1. The first kappa shape index (κ1) is 15.2. The monoisotopic (exact) mass is 288 g/mol. The van der Waals surface area contributed by atoms with Gasteiger partial charge in [0, 0.05) is 6.04 Å². The van der Waals surface area contributed by atoms with Crippen LogP contribution in [0.4, 0.5) is 9.93 Å². The molecule has 1 heterocycles. The Morgan fingerprint density at radius 2 is 2.22 bits per heavy atom. The van der Waals surface area contributed by atoms with Crippen molar-refractivity contribution in [3.05, 3.63) is 5.01 Å². The van der Waals surface area contributed by atoms with E-state index in [1.165, 1.54) is 11.3 Å². The van der Waals surface area contributed by atoms with Crippen LogP contribution in [0.3, 0.4) is 0 Å². The lowest BCUT2D eigenvalue weighted by molar-refractivity contribution is 0.249. The Kier molecular flexibility index (Phi) is 7.04. The summed E-state index contributed by atoms with van der Waals surface area (Å²) < 4.78 is 0. The highest BCUT2D eigenvalue weighted by Gasteiger charge is 2.09. The van der Waals surface area contributed by atoms with Crippen molar-refractivity contribution in [1.82, 2.24) is 15.5 Å². The number of carbonyl (C=O) groups excluding carboxylic acids is 1. The van der Waals surface area contributed by atoms with Gasteiger partial charge in [-0.1, -0.05) is 25.2 Å². The number of rotatable bonds is 7. The molecule has 0 bridgehead atoms. The number of anilines is 1. The zero-order chi connectivity index (χ0) is 13.4. The van der Waals surface area contributed by atoms with E-state index in [9.17, 15) is 4.79 Å². The molecule has 0 fully saturated rings. The van der Waals surface area contributed by atoms with Crippen LogP contribution in [0.5, 0.6) is 0 Å². The molecule has 5 nitrogen and oxygen atoms in total. The Hall–Kier alpha value is -0.820. The minimum Gasteiger partial charge on any atom is -0.335 e. The van der Waals surface area contributed by atoms with Crippen LogP contribution in [0.15, 0.2) is 0 Å². The Morgan fingerprint density at radius 1 is 1.44 bits per heavy atom. The molecule has 1 aromatic rings. The van der Waals surface area contributed by atoms with Crippen molar-refractivity contribution in [2.75, 3.05) is 16.8 Å². The summed E-state index contributed by atoms with van der Waals surface area (Å²) in [6.45, 7) is 6.15. The number of hydrogen-bond donors (Lipinski definition) is 2. The van der Waals surface area contributed by atoms with E-state index >= 15 is 0 Å². The van der Waals surface area contributed by atoms with Gasteiger partial charge in [0.2, 0.25) is 5.13 Å².